The van der Waals surface area contributed by atoms with Crippen LogP contribution in [0.5, 0.6) is 0 Å². The van der Waals surface area contributed by atoms with E-state index in [0.29, 0.717) is 11.3 Å². The molecule has 0 radical (unpaired) electrons. The van der Waals surface area contributed by atoms with E-state index in [9.17, 15) is 13.2 Å². The predicted molar refractivity (Wildman–Crippen MR) is 103 cm³/mol. The van der Waals surface area contributed by atoms with Crippen molar-refractivity contribution in [1.82, 2.24) is 9.71 Å². The average molecular weight is 387 g/mol. The molecule has 1 amide bonds. The number of nitrogens with zero attached hydrogens (tertiary/aromatic N) is 1. The molecule has 3 rings (SSSR count). The highest BCUT2D eigenvalue weighted by Crippen LogP contribution is 2.24. The van der Waals surface area contributed by atoms with Gasteiger partial charge in [0, 0.05) is 16.6 Å². The molecular weight excluding hydrogens is 370 g/mol. The molecule has 26 heavy (non-hydrogen) atoms. The molecule has 2 N–H and O–H groups in total. The summed E-state index contributed by atoms with van der Waals surface area (Å²) in [4.78, 5) is 16.9. The minimum absolute atomic E-state index is 0.126. The molecule has 0 aliphatic carbocycles. The third kappa shape index (κ3) is 3.82. The Bertz CT molecular complexity index is 1040. The summed E-state index contributed by atoms with van der Waals surface area (Å²) in [7, 11) is -2.25. The Labute approximate surface area is 156 Å². The minimum atomic E-state index is -3.60. The average Bonchev–Trinajstić information content (AvgIpc) is 3.14. The zero-order chi connectivity index (χ0) is 18.7. The van der Waals surface area contributed by atoms with E-state index in [2.05, 4.69) is 15.0 Å². The van der Waals surface area contributed by atoms with E-state index < -0.39 is 10.0 Å². The van der Waals surface area contributed by atoms with Crippen molar-refractivity contribution in [3.8, 4) is 10.6 Å². The van der Waals surface area contributed by atoms with Crippen molar-refractivity contribution in [2.45, 2.75) is 11.8 Å². The second-order valence-electron chi connectivity index (χ2n) is 5.55. The molecule has 0 unspecified atom stereocenters. The molecule has 2 aromatic carbocycles. The van der Waals surface area contributed by atoms with Crippen LogP contribution in [0.4, 0.5) is 5.69 Å². The van der Waals surface area contributed by atoms with Crippen LogP contribution in [0.15, 0.2) is 58.8 Å². The van der Waals surface area contributed by atoms with Gasteiger partial charge in [-0.25, -0.2) is 18.1 Å². The van der Waals surface area contributed by atoms with Gasteiger partial charge in [0.1, 0.15) is 10.7 Å². The third-order valence-electron chi connectivity index (χ3n) is 3.76. The first-order valence-electron chi connectivity index (χ1n) is 7.77. The lowest BCUT2D eigenvalue weighted by Crippen LogP contribution is -2.20. The Kier molecular flexibility index (Phi) is 5.17. The molecule has 0 saturated carbocycles. The largest absolute Gasteiger partial charge is 0.321 e. The number of carbonyl (C=O) groups is 1. The summed E-state index contributed by atoms with van der Waals surface area (Å²) in [6.07, 6.45) is 0. The molecule has 6 nitrogen and oxygen atoms in total. The normalized spacial score (nSPS) is 11.3. The summed E-state index contributed by atoms with van der Waals surface area (Å²) < 4.78 is 26.4. The highest BCUT2D eigenvalue weighted by Gasteiger charge is 2.17. The Morgan fingerprint density at radius 1 is 1.12 bits per heavy atom. The lowest BCUT2D eigenvalue weighted by Gasteiger charge is -2.09. The van der Waals surface area contributed by atoms with Gasteiger partial charge in [-0.3, -0.25) is 4.79 Å². The molecule has 1 aromatic heterocycles. The lowest BCUT2D eigenvalue weighted by atomic mass is 10.2. The summed E-state index contributed by atoms with van der Waals surface area (Å²) in [5.74, 6) is -0.389. The monoisotopic (exact) mass is 387 g/mol. The summed E-state index contributed by atoms with van der Waals surface area (Å²) >= 11 is 1.38. The first kappa shape index (κ1) is 18.2. The number of hydrogen-bond acceptors (Lipinski definition) is 5. The number of nitrogens with one attached hydrogen (secondary N) is 2. The molecule has 134 valence electrons. The molecule has 0 atom stereocenters. The summed E-state index contributed by atoms with van der Waals surface area (Å²) in [6.45, 7) is 1.70. The van der Waals surface area contributed by atoms with Crippen molar-refractivity contribution in [1.29, 1.82) is 0 Å². The van der Waals surface area contributed by atoms with Crippen LogP contribution in [0, 0.1) is 6.92 Å². The quantitative estimate of drug-likeness (QED) is 0.703. The van der Waals surface area contributed by atoms with Gasteiger partial charge in [-0.1, -0.05) is 36.4 Å². The minimum Gasteiger partial charge on any atom is -0.321 e. The van der Waals surface area contributed by atoms with Crippen LogP contribution in [0.2, 0.25) is 0 Å². The van der Waals surface area contributed by atoms with Crippen LogP contribution < -0.4 is 10.0 Å². The van der Waals surface area contributed by atoms with E-state index in [1.165, 1.54) is 24.5 Å². The topological polar surface area (TPSA) is 88.2 Å². The van der Waals surface area contributed by atoms with Crippen molar-refractivity contribution >= 4 is 33.0 Å². The van der Waals surface area contributed by atoms with Crippen LogP contribution in [0.25, 0.3) is 10.6 Å². The number of benzene rings is 2. The molecule has 8 heteroatoms. The van der Waals surface area contributed by atoms with Gasteiger partial charge in [0.05, 0.1) is 4.90 Å². The van der Waals surface area contributed by atoms with Gasteiger partial charge in [0.15, 0.2) is 0 Å². The second kappa shape index (κ2) is 7.36. The maximum Gasteiger partial charge on any atom is 0.275 e. The molecule has 1 heterocycles. The number of hydrogen-bond donors (Lipinski definition) is 2. The van der Waals surface area contributed by atoms with Crippen molar-refractivity contribution in [2.24, 2.45) is 0 Å². The fraction of sp³-hybridized carbons (Fsp3) is 0.111. The highest BCUT2D eigenvalue weighted by atomic mass is 32.2. The number of aryl methyl sites for hydroxylation is 1. The molecule has 0 saturated heterocycles. The second-order valence-corrected chi connectivity index (χ2v) is 8.26. The van der Waals surface area contributed by atoms with Crippen LogP contribution in [-0.2, 0) is 10.0 Å². The van der Waals surface area contributed by atoms with Crippen LogP contribution in [-0.4, -0.2) is 26.4 Å². The number of anilines is 1. The number of amides is 1. The smallest absolute Gasteiger partial charge is 0.275 e. The van der Waals surface area contributed by atoms with Gasteiger partial charge in [-0.05, 0) is 31.7 Å². The van der Waals surface area contributed by atoms with Crippen LogP contribution in [0.1, 0.15) is 16.1 Å². The van der Waals surface area contributed by atoms with E-state index in [1.807, 2.05) is 30.3 Å². The van der Waals surface area contributed by atoms with Crippen LogP contribution in [0.3, 0.4) is 0 Å². The zero-order valence-corrected chi connectivity index (χ0v) is 15.8. The maximum absolute atomic E-state index is 12.4. The zero-order valence-electron chi connectivity index (χ0n) is 14.2. The van der Waals surface area contributed by atoms with Crippen LogP contribution >= 0.6 is 11.3 Å². The van der Waals surface area contributed by atoms with Crippen molar-refractivity contribution < 1.29 is 13.2 Å². The van der Waals surface area contributed by atoms with E-state index in [-0.39, 0.29) is 16.5 Å². The van der Waals surface area contributed by atoms with Crippen molar-refractivity contribution in [2.75, 3.05) is 12.4 Å². The molecule has 0 bridgehead atoms. The van der Waals surface area contributed by atoms with Gasteiger partial charge >= 0.3 is 0 Å². The molecule has 0 spiro atoms. The maximum atomic E-state index is 12.4. The number of thiazole rings is 1. The number of sulfonamides is 1. The standard InChI is InChI=1S/C18H17N3O3S2/c1-12-8-9-14(10-16(12)26(23,24)19-2)20-17(22)15-11-25-18(21-15)13-6-4-3-5-7-13/h3-11,19H,1-2H3,(H,20,22). The van der Waals surface area contributed by atoms with Gasteiger partial charge < -0.3 is 5.32 Å². The first-order chi connectivity index (χ1) is 12.4. The van der Waals surface area contributed by atoms with Gasteiger partial charge in [0.2, 0.25) is 10.0 Å². The molecule has 3 aromatic rings. The number of carbonyl (C=O) groups excluding carboxylic acids is 1. The Morgan fingerprint density at radius 2 is 1.85 bits per heavy atom. The Balaban J connectivity index is 1.83. The van der Waals surface area contributed by atoms with Gasteiger partial charge in [0.25, 0.3) is 5.91 Å². The molecule has 0 aliphatic rings. The molecular formula is C18H17N3O3S2. The van der Waals surface area contributed by atoms with Crippen molar-refractivity contribution in [3.63, 3.8) is 0 Å². The van der Waals surface area contributed by atoms with Gasteiger partial charge in [-0.15, -0.1) is 11.3 Å². The SMILES string of the molecule is CNS(=O)(=O)c1cc(NC(=O)c2csc(-c3ccccc3)n2)ccc1C. The summed E-state index contributed by atoms with van der Waals surface area (Å²) in [5.41, 5.74) is 2.21. The lowest BCUT2D eigenvalue weighted by molar-refractivity contribution is 0.102. The van der Waals surface area contributed by atoms with E-state index >= 15 is 0 Å². The first-order valence-corrected chi connectivity index (χ1v) is 10.1. The summed E-state index contributed by atoms with van der Waals surface area (Å²) in [5, 5.41) is 5.13. The van der Waals surface area contributed by atoms with E-state index in [1.54, 1.807) is 24.4 Å². The van der Waals surface area contributed by atoms with Crippen molar-refractivity contribution in [3.05, 3.63) is 65.2 Å². The van der Waals surface area contributed by atoms with E-state index in [0.717, 1.165) is 10.6 Å². The third-order valence-corrected chi connectivity index (χ3v) is 6.21. The Morgan fingerprint density at radius 3 is 2.54 bits per heavy atom. The number of aromatic nitrogens is 1. The van der Waals surface area contributed by atoms with Gasteiger partial charge in [-0.2, -0.15) is 0 Å². The number of rotatable bonds is 5. The fourth-order valence-electron chi connectivity index (χ4n) is 2.36. The predicted octanol–water partition coefficient (Wildman–Crippen LogP) is 3.28. The van der Waals surface area contributed by atoms with E-state index in [4.69, 9.17) is 0 Å². The Hall–Kier alpha value is -2.55. The highest BCUT2D eigenvalue weighted by molar-refractivity contribution is 7.89. The molecule has 0 fully saturated rings. The molecule has 0 aliphatic heterocycles. The fourth-order valence-corrected chi connectivity index (χ4v) is 4.16. The summed E-state index contributed by atoms with van der Waals surface area (Å²) in [6, 6.07) is 14.3.